The highest BCUT2D eigenvalue weighted by Gasteiger charge is 2.32. The lowest BCUT2D eigenvalue weighted by Crippen LogP contribution is -2.54. The Kier molecular flexibility index (Phi) is 6.26. The van der Waals surface area contributed by atoms with Crippen LogP contribution in [0.25, 0.3) is 0 Å². The van der Waals surface area contributed by atoms with Gasteiger partial charge in [0, 0.05) is 5.54 Å². The Bertz CT molecular complexity index is 898. The molecule has 0 aliphatic heterocycles. The van der Waals surface area contributed by atoms with Gasteiger partial charge in [-0.05, 0) is 51.0 Å². The summed E-state index contributed by atoms with van der Waals surface area (Å²) in [6, 6.07) is 13.8. The van der Waals surface area contributed by atoms with Crippen molar-refractivity contribution in [3.63, 3.8) is 0 Å². The van der Waals surface area contributed by atoms with Gasteiger partial charge in [0.2, 0.25) is 15.9 Å². The van der Waals surface area contributed by atoms with E-state index < -0.39 is 33.3 Å². The van der Waals surface area contributed by atoms with E-state index in [1.165, 1.54) is 25.1 Å². The lowest BCUT2D eigenvalue weighted by Gasteiger charge is -2.32. The fourth-order valence-electron chi connectivity index (χ4n) is 3.01. The minimum absolute atomic E-state index is 0.112. The zero-order valence-electron chi connectivity index (χ0n) is 15.9. The van der Waals surface area contributed by atoms with Crippen molar-refractivity contribution in [3.8, 4) is 0 Å². The lowest BCUT2D eigenvalue weighted by atomic mass is 9.94. The Labute approximate surface area is 160 Å². The minimum Gasteiger partial charge on any atom is -0.349 e. The lowest BCUT2D eigenvalue weighted by molar-refractivity contribution is -0.123. The molecule has 2 rings (SSSR count). The highest BCUT2D eigenvalue weighted by Crippen LogP contribution is 2.22. The second kappa shape index (κ2) is 8.08. The molecular formula is C20H25FN2O3S. The standard InChI is InChI=1S/C20H25FN2O3S/c1-15(23(27(4,25)26)18-12-8-11-17(21)13-18)19(24)22-20(2,3)14-16-9-6-5-7-10-16/h5-13,15H,14H2,1-4H3,(H,22,24)/t15-/m1/s1. The van der Waals surface area contributed by atoms with Gasteiger partial charge >= 0.3 is 0 Å². The molecule has 0 aliphatic rings. The predicted molar refractivity (Wildman–Crippen MR) is 106 cm³/mol. The number of amides is 1. The van der Waals surface area contributed by atoms with Crippen LogP contribution in [0, 0.1) is 5.82 Å². The molecule has 1 atom stereocenters. The molecule has 0 aliphatic carbocycles. The maximum absolute atomic E-state index is 13.6. The van der Waals surface area contributed by atoms with E-state index in [2.05, 4.69) is 5.32 Å². The summed E-state index contributed by atoms with van der Waals surface area (Å²) in [5.74, 6) is -1.02. The summed E-state index contributed by atoms with van der Waals surface area (Å²) in [4.78, 5) is 12.8. The SMILES string of the molecule is C[C@H](C(=O)NC(C)(C)Cc1ccccc1)N(c1cccc(F)c1)S(C)(=O)=O. The van der Waals surface area contributed by atoms with Crippen molar-refractivity contribution in [2.75, 3.05) is 10.6 Å². The van der Waals surface area contributed by atoms with E-state index in [-0.39, 0.29) is 5.69 Å². The van der Waals surface area contributed by atoms with Crippen LogP contribution in [0.1, 0.15) is 26.3 Å². The third kappa shape index (κ3) is 5.79. The van der Waals surface area contributed by atoms with Crippen molar-refractivity contribution in [2.24, 2.45) is 0 Å². The molecule has 0 saturated heterocycles. The summed E-state index contributed by atoms with van der Waals surface area (Å²) in [5.41, 5.74) is 0.583. The normalized spacial score (nSPS) is 13.1. The van der Waals surface area contributed by atoms with Gasteiger partial charge in [0.05, 0.1) is 11.9 Å². The van der Waals surface area contributed by atoms with E-state index >= 15 is 0 Å². The molecule has 0 radical (unpaired) electrons. The Hall–Kier alpha value is -2.41. The Morgan fingerprint density at radius 1 is 1.15 bits per heavy atom. The molecule has 1 amide bonds. The summed E-state index contributed by atoms with van der Waals surface area (Å²) in [5, 5.41) is 2.90. The molecule has 1 N–H and O–H groups in total. The van der Waals surface area contributed by atoms with Crippen LogP contribution in [-0.2, 0) is 21.2 Å². The Morgan fingerprint density at radius 3 is 2.33 bits per heavy atom. The van der Waals surface area contributed by atoms with Crippen molar-refractivity contribution >= 4 is 21.6 Å². The van der Waals surface area contributed by atoms with E-state index in [1.54, 1.807) is 0 Å². The van der Waals surface area contributed by atoms with Crippen LogP contribution in [-0.4, -0.2) is 32.2 Å². The summed E-state index contributed by atoms with van der Waals surface area (Å²) < 4.78 is 39.0. The smallest absolute Gasteiger partial charge is 0.244 e. The van der Waals surface area contributed by atoms with Crippen molar-refractivity contribution < 1.29 is 17.6 Å². The summed E-state index contributed by atoms with van der Waals surface area (Å²) >= 11 is 0. The third-order valence-electron chi connectivity index (χ3n) is 4.10. The first-order valence-electron chi connectivity index (χ1n) is 8.60. The second-order valence-electron chi connectivity index (χ2n) is 7.25. The van der Waals surface area contributed by atoms with Gasteiger partial charge in [0.1, 0.15) is 11.9 Å². The van der Waals surface area contributed by atoms with E-state index in [4.69, 9.17) is 0 Å². The number of nitrogens with one attached hydrogen (secondary N) is 1. The molecule has 7 heteroatoms. The molecule has 2 aromatic rings. The second-order valence-corrected chi connectivity index (χ2v) is 9.11. The number of sulfonamides is 1. The quantitative estimate of drug-likeness (QED) is 0.787. The molecule has 146 valence electrons. The molecule has 0 spiro atoms. The minimum atomic E-state index is -3.79. The van der Waals surface area contributed by atoms with Crippen LogP contribution in [0.5, 0.6) is 0 Å². The maximum Gasteiger partial charge on any atom is 0.244 e. The fraction of sp³-hybridized carbons (Fsp3) is 0.350. The number of benzene rings is 2. The van der Waals surface area contributed by atoms with Crippen LogP contribution in [0.15, 0.2) is 54.6 Å². The van der Waals surface area contributed by atoms with Crippen LogP contribution in [0.4, 0.5) is 10.1 Å². The zero-order chi connectivity index (χ0) is 20.2. The topological polar surface area (TPSA) is 66.5 Å². The van der Waals surface area contributed by atoms with Crippen molar-refractivity contribution in [1.29, 1.82) is 0 Å². The molecule has 0 heterocycles. The molecule has 0 aromatic heterocycles. The number of hydrogen-bond donors (Lipinski definition) is 1. The Balaban J connectivity index is 2.22. The molecule has 27 heavy (non-hydrogen) atoms. The molecular weight excluding hydrogens is 367 g/mol. The van der Waals surface area contributed by atoms with Crippen molar-refractivity contribution in [2.45, 2.75) is 38.8 Å². The number of carbonyl (C=O) groups excluding carboxylic acids is 1. The number of carbonyl (C=O) groups is 1. The number of anilines is 1. The molecule has 0 fully saturated rings. The fourth-order valence-corrected chi connectivity index (χ4v) is 4.18. The maximum atomic E-state index is 13.6. The van der Waals surface area contributed by atoms with Crippen molar-refractivity contribution in [3.05, 3.63) is 66.0 Å². The third-order valence-corrected chi connectivity index (χ3v) is 5.34. The molecule has 0 unspecified atom stereocenters. The first-order chi connectivity index (χ1) is 12.5. The molecule has 2 aromatic carbocycles. The first-order valence-corrected chi connectivity index (χ1v) is 10.5. The van der Waals surface area contributed by atoms with Crippen LogP contribution < -0.4 is 9.62 Å². The van der Waals surface area contributed by atoms with E-state index in [0.717, 1.165) is 22.2 Å². The summed E-state index contributed by atoms with van der Waals surface area (Å²) in [7, 11) is -3.79. The highest BCUT2D eigenvalue weighted by atomic mass is 32.2. The Morgan fingerprint density at radius 2 is 1.78 bits per heavy atom. The monoisotopic (exact) mass is 392 g/mol. The number of nitrogens with zero attached hydrogens (tertiary/aromatic N) is 1. The van der Waals surface area contributed by atoms with Gasteiger partial charge in [-0.2, -0.15) is 0 Å². The van der Waals surface area contributed by atoms with Crippen LogP contribution in [0.2, 0.25) is 0 Å². The molecule has 0 bridgehead atoms. The van der Waals surface area contributed by atoms with Gasteiger partial charge in [0.15, 0.2) is 0 Å². The number of hydrogen-bond acceptors (Lipinski definition) is 3. The van der Waals surface area contributed by atoms with Gasteiger partial charge in [0.25, 0.3) is 0 Å². The van der Waals surface area contributed by atoms with Crippen molar-refractivity contribution in [1.82, 2.24) is 5.32 Å². The number of rotatable bonds is 7. The average molecular weight is 392 g/mol. The van der Waals surface area contributed by atoms with Gasteiger partial charge in [-0.25, -0.2) is 12.8 Å². The average Bonchev–Trinajstić information content (AvgIpc) is 2.53. The number of halogens is 1. The first kappa shape index (κ1) is 20.9. The van der Waals surface area contributed by atoms with E-state index in [1.807, 2.05) is 44.2 Å². The van der Waals surface area contributed by atoms with E-state index in [0.29, 0.717) is 6.42 Å². The van der Waals surface area contributed by atoms with Crippen LogP contribution >= 0.6 is 0 Å². The van der Waals surface area contributed by atoms with E-state index in [9.17, 15) is 17.6 Å². The molecule has 5 nitrogen and oxygen atoms in total. The highest BCUT2D eigenvalue weighted by molar-refractivity contribution is 7.92. The van der Waals surface area contributed by atoms with Gasteiger partial charge in [-0.1, -0.05) is 36.4 Å². The van der Waals surface area contributed by atoms with Gasteiger partial charge in [-0.15, -0.1) is 0 Å². The zero-order valence-corrected chi connectivity index (χ0v) is 16.8. The molecule has 0 saturated carbocycles. The van der Waals surface area contributed by atoms with Gasteiger partial charge < -0.3 is 5.32 Å². The van der Waals surface area contributed by atoms with Crippen LogP contribution in [0.3, 0.4) is 0 Å². The summed E-state index contributed by atoms with van der Waals surface area (Å²) in [6.45, 7) is 5.23. The summed E-state index contributed by atoms with van der Waals surface area (Å²) in [6.07, 6.45) is 1.59. The predicted octanol–water partition coefficient (Wildman–Crippen LogP) is 3.12. The van der Waals surface area contributed by atoms with Gasteiger partial charge in [-0.3, -0.25) is 9.10 Å². The largest absolute Gasteiger partial charge is 0.349 e.